The minimum Gasteiger partial charge on any atom is -0.394 e. The molecule has 18 nitrogen and oxygen atoms in total. The predicted octanol–water partition coefficient (Wildman–Crippen LogP) is -7.02. The first-order chi connectivity index (χ1) is 19.8. The van der Waals surface area contributed by atoms with Crippen molar-refractivity contribution in [2.75, 3.05) is 19.7 Å². The van der Waals surface area contributed by atoms with Gasteiger partial charge < -0.3 is 84.0 Å². The number of hydrogen-bond donors (Lipinski definition) is 12. The van der Waals surface area contributed by atoms with Crippen molar-refractivity contribution in [2.24, 2.45) is 45.3 Å². The van der Waals surface area contributed by atoms with Gasteiger partial charge in [0.05, 0.1) is 31.0 Å². The van der Waals surface area contributed by atoms with Gasteiger partial charge in [0.25, 0.3) is 0 Å². The van der Waals surface area contributed by atoms with E-state index in [-0.39, 0.29) is 44.7 Å². The average Bonchev–Trinajstić information content (AvgIpc) is 2.93. The summed E-state index contributed by atoms with van der Waals surface area (Å²) in [5.41, 5.74) is 34.6. The third-order valence-electron chi connectivity index (χ3n) is 8.01. The number of nitrogens with zero attached hydrogens (tertiary/aromatic N) is 1. The molecule has 0 spiro atoms. The quantitative estimate of drug-likeness (QED) is 0.0721. The molecule has 15 atom stereocenters. The molecule has 0 unspecified atom stereocenters. The van der Waals surface area contributed by atoms with Crippen LogP contribution < -0.4 is 34.4 Å². The van der Waals surface area contributed by atoms with Gasteiger partial charge in [-0.05, 0) is 25.3 Å². The summed E-state index contributed by atoms with van der Waals surface area (Å²) < 4.78 is 23.4. The zero-order chi connectivity index (χ0) is 31.3. The van der Waals surface area contributed by atoms with Crippen molar-refractivity contribution in [1.29, 1.82) is 0 Å². The molecule has 1 aliphatic carbocycles. The molecule has 0 radical (unpaired) electrons. The first-order valence-electron chi connectivity index (χ1n) is 14.0. The van der Waals surface area contributed by atoms with Crippen molar-refractivity contribution in [3.63, 3.8) is 0 Å². The number of aliphatic hydroxyl groups excluding tert-OH is 6. The van der Waals surface area contributed by atoms with Gasteiger partial charge in [-0.1, -0.05) is 0 Å². The molecule has 3 rings (SSSR count). The fraction of sp³-hybridized carbons (Fsp3) is 0.917. The van der Waals surface area contributed by atoms with Gasteiger partial charge in [0.15, 0.2) is 24.3 Å². The van der Waals surface area contributed by atoms with Gasteiger partial charge in [0.2, 0.25) is 0 Å². The fourth-order valence-electron chi connectivity index (χ4n) is 5.67. The van der Waals surface area contributed by atoms with Crippen LogP contribution in [0.15, 0.2) is 4.99 Å². The summed E-state index contributed by atoms with van der Waals surface area (Å²) in [6.07, 6.45) is -14.3. The maximum absolute atomic E-state index is 12.8. The second-order valence-electron chi connectivity index (χ2n) is 11.1. The van der Waals surface area contributed by atoms with Crippen LogP contribution in [0.25, 0.3) is 0 Å². The highest BCUT2D eigenvalue weighted by Crippen LogP contribution is 2.36. The standard InChI is InChI=1S/C24H47N7O11/c25-2-1-11(33)12(34)4-8-3-9(27)21(42-22-10(31-24(29)30)5-13(35)14(6-26)39-22)19(38)20(8)41-23-18(37)16(28)17(36)15(7-32)40-23/h8-11,13-23,32-33,35-38H,1-7,25-28H2,(H4,29,30,31)/t8-,9-,10+,11-,13-,14+,15+,16-,17+,18+,19+,20-,21+,22+,23+/m0/s1. The molecule has 3 aliphatic rings. The number of hydrogen-bond acceptors (Lipinski definition) is 16. The highest BCUT2D eigenvalue weighted by atomic mass is 16.7. The summed E-state index contributed by atoms with van der Waals surface area (Å²) in [5, 5.41) is 62.6. The Morgan fingerprint density at radius 2 is 1.57 bits per heavy atom. The molecule has 18 heteroatoms. The van der Waals surface area contributed by atoms with Crippen LogP contribution >= 0.6 is 0 Å². The number of carbonyl (C=O) groups excluding carboxylic acids is 1. The van der Waals surface area contributed by atoms with Crippen molar-refractivity contribution in [1.82, 2.24) is 0 Å². The zero-order valence-corrected chi connectivity index (χ0v) is 23.2. The maximum Gasteiger partial charge on any atom is 0.186 e. The van der Waals surface area contributed by atoms with Gasteiger partial charge in [-0.3, -0.25) is 4.79 Å². The number of ether oxygens (including phenoxy) is 4. The van der Waals surface area contributed by atoms with Crippen molar-refractivity contribution in [3.8, 4) is 0 Å². The third-order valence-corrected chi connectivity index (χ3v) is 8.01. The smallest absolute Gasteiger partial charge is 0.186 e. The SMILES string of the molecule is NCC[C@H](O)C(=O)C[C@@H]1C[C@H](N)[C@@H](O[C@H]2O[C@H](CN)[C@@H](O)C[C@H]2N=C(N)N)[C@H](O)[C@H]1O[C@H]1O[C@H](CO)[C@@H](O)[C@H](N)[C@H]1O. The number of guanidine groups is 1. The molecule has 2 heterocycles. The molecule has 18 N–H and O–H groups in total. The first-order valence-corrected chi connectivity index (χ1v) is 14.0. The van der Waals surface area contributed by atoms with Crippen LogP contribution in [0.1, 0.15) is 25.7 Å². The summed E-state index contributed by atoms with van der Waals surface area (Å²) in [4.78, 5) is 16.8. The van der Waals surface area contributed by atoms with Crippen molar-refractivity contribution < 1.29 is 54.4 Å². The van der Waals surface area contributed by atoms with E-state index >= 15 is 0 Å². The van der Waals surface area contributed by atoms with Crippen molar-refractivity contribution in [2.45, 2.75) is 111 Å². The molecule has 1 saturated carbocycles. The predicted molar refractivity (Wildman–Crippen MR) is 145 cm³/mol. The molecule has 0 aromatic rings. The zero-order valence-electron chi connectivity index (χ0n) is 23.2. The molecule has 2 saturated heterocycles. The fourth-order valence-corrected chi connectivity index (χ4v) is 5.67. The summed E-state index contributed by atoms with van der Waals surface area (Å²) in [6.45, 7) is -0.625. The molecule has 3 fully saturated rings. The molecule has 0 amide bonds. The Morgan fingerprint density at radius 1 is 0.929 bits per heavy atom. The normalized spacial score (nSPS) is 43.5. The average molecular weight is 610 g/mol. The molecular weight excluding hydrogens is 562 g/mol. The number of aliphatic imine (C=N–C) groups is 1. The molecule has 0 aromatic heterocycles. The molecule has 2 aliphatic heterocycles. The number of carbonyl (C=O) groups is 1. The summed E-state index contributed by atoms with van der Waals surface area (Å²) in [6, 6.07) is -3.05. The Labute approximate surface area is 242 Å². The number of ketones is 1. The summed E-state index contributed by atoms with van der Waals surface area (Å²) in [7, 11) is 0. The van der Waals surface area contributed by atoms with E-state index in [4.69, 9.17) is 53.3 Å². The topological polar surface area (TPSA) is 344 Å². The molecule has 244 valence electrons. The third kappa shape index (κ3) is 8.10. The van der Waals surface area contributed by atoms with E-state index in [1.165, 1.54) is 0 Å². The highest BCUT2D eigenvalue weighted by molar-refractivity contribution is 5.83. The van der Waals surface area contributed by atoms with Gasteiger partial charge in [-0.2, -0.15) is 0 Å². The molecule has 0 bridgehead atoms. The van der Waals surface area contributed by atoms with Crippen LogP contribution in [0.3, 0.4) is 0 Å². The highest BCUT2D eigenvalue weighted by Gasteiger charge is 2.51. The lowest BCUT2D eigenvalue weighted by molar-refractivity contribution is -0.319. The summed E-state index contributed by atoms with van der Waals surface area (Å²) >= 11 is 0. The van der Waals surface area contributed by atoms with E-state index in [1.807, 2.05) is 0 Å². The number of rotatable bonds is 12. The van der Waals surface area contributed by atoms with E-state index < -0.39 is 104 Å². The molecular formula is C24H47N7O11. The Bertz CT molecular complexity index is 901. The van der Waals surface area contributed by atoms with E-state index in [0.717, 1.165) is 0 Å². The minimum atomic E-state index is -1.58. The monoisotopic (exact) mass is 609 g/mol. The Balaban J connectivity index is 1.88. The minimum absolute atomic E-state index is 0.0200. The number of Topliss-reactive ketones (excluding diaryl/α,β-unsaturated/α-hetero) is 1. The van der Waals surface area contributed by atoms with Crippen LogP contribution in [0.5, 0.6) is 0 Å². The van der Waals surface area contributed by atoms with E-state index in [0.29, 0.717) is 0 Å². The Kier molecular flexibility index (Phi) is 12.8. The van der Waals surface area contributed by atoms with Gasteiger partial charge in [0.1, 0.15) is 42.7 Å². The van der Waals surface area contributed by atoms with Crippen LogP contribution in [0.4, 0.5) is 0 Å². The first kappa shape index (κ1) is 34.9. The number of nitrogens with two attached hydrogens (primary N) is 6. The maximum atomic E-state index is 12.8. The van der Waals surface area contributed by atoms with Gasteiger partial charge >= 0.3 is 0 Å². The molecule has 42 heavy (non-hydrogen) atoms. The van der Waals surface area contributed by atoms with E-state index in [1.54, 1.807) is 0 Å². The Hall–Kier alpha value is -1.62. The second kappa shape index (κ2) is 15.4. The van der Waals surface area contributed by atoms with Crippen molar-refractivity contribution in [3.05, 3.63) is 0 Å². The van der Waals surface area contributed by atoms with Crippen molar-refractivity contribution >= 4 is 11.7 Å². The van der Waals surface area contributed by atoms with Gasteiger partial charge in [0, 0.05) is 25.4 Å². The Morgan fingerprint density at radius 3 is 2.17 bits per heavy atom. The van der Waals surface area contributed by atoms with Crippen LogP contribution in [-0.2, 0) is 23.7 Å². The van der Waals surface area contributed by atoms with Crippen LogP contribution in [0, 0.1) is 5.92 Å². The van der Waals surface area contributed by atoms with Crippen LogP contribution in [0.2, 0.25) is 0 Å². The van der Waals surface area contributed by atoms with E-state index in [9.17, 15) is 35.4 Å². The molecule has 0 aromatic carbocycles. The van der Waals surface area contributed by atoms with Crippen LogP contribution in [-0.4, -0.2) is 148 Å². The second-order valence-corrected chi connectivity index (χ2v) is 11.1. The summed E-state index contributed by atoms with van der Waals surface area (Å²) in [5.74, 6) is -1.66. The lowest BCUT2D eigenvalue weighted by Crippen LogP contribution is -2.66. The van der Waals surface area contributed by atoms with E-state index in [2.05, 4.69) is 4.99 Å². The lowest BCUT2D eigenvalue weighted by Gasteiger charge is -2.48. The largest absolute Gasteiger partial charge is 0.394 e. The lowest BCUT2D eigenvalue weighted by atomic mass is 9.76. The number of aliphatic hydroxyl groups is 6. The van der Waals surface area contributed by atoms with Gasteiger partial charge in [-0.25, -0.2) is 4.99 Å². The van der Waals surface area contributed by atoms with Gasteiger partial charge in [-0.15, -0.1) is 0 Å².